The molecule has 0 saturated heterocycles. The topological polar surface area (TPSA) is 66.8 Å². The van der Waals surface area contributed by atoms with Crippen LogP contribution in [0.15, 0.2) is 29.1 Å². The Labute approximate surface area is 137 Å². The lowest BCUT2D eigenvalue weighted by atomic mass is 10.1. The molecular formula is C17H18FN5O. The minimum absolute atomic E-state index is 0.0658. The number of hydrogen-bond donors (Lipinski definition) is 1. The van der Waals surface area contributed by atoms with E-state index in [9.17, 15) is 9.18 Å². The number of benzene rings is 1. The van der Waals surface area contributed by atoms with E-state index in [1.54, 1.807) is 12.1 Å². The second-order valence-electron chi connectivity index (χ2n) is 6.05. The number of aromatic nitrogens is 4. The van der Waals surface area contributed by atoms with Gasteiger partial charge >= 0.3 is 0 Å². The molecule has 1 aromatic carbocycles. The van der Waals surface area contributed by atoms with E-state index in [0.717, 1.165) is 30.0 Å². The van der Waals surface area contributed by atoms with E-state index >= 15 is 0 Å². The first-order valence-corrected chi connectivity index (χ1v) is 8.09. The van der Waals surface area contributed by atoms with Gasteiger partial charge in [-0.05, 0) is 24.6 Å². The van der Waals surface area contributed by atoms with E-state index < -0.39 is 0 Å². The van der Waals surface area contributed by atoms with Crippen molar-refractivity contribution in [1.82, 2.24) is 24.6 Å². The molecule has 0 bridgehead atoms. The van der Waals surface area contributed by atoms with Crippen LogP contribution in [-0.4, -0.2) is 31.2 Å². The van der Waals surface area contributed by atoms with Crippen LogP contribution in [0.4, 0.5) is 4.39 Å². The summed E-state index contributed by atoms with van der Waals surface area (Å²) in [6.07, 6.45) is 0.796. The van der Waals surface area contributed by atoms with Gasteiger partial charge in [0, 0.05) is 32.1 Å². The molecule has 0 amide bonds. The summed E-state index contributed by atoms with van der Waals surface area (Å²) in [5.41, 5.74) is 2.97. The van der Waals surface area contributed by atoms with Crippen molar-refractivity contribution in [1.29, 1.82) is 0 Å². The van der Waals surface area contributed by atoms with Gasteiger partial charge < -0.3 is 4.98 Å². The summed E-state index contributed by atoms with van der Waals surface area (Å²) in [5.74, 6) is 0.414. The number of hydrogen-bond acceptors (Lipinski definition) is 4. The van der Waals surface area contributed by atoms with Crippen LogP contribution in [0.1, 0.15) is 24.0 Å². The number of fused-ring (bicyclic) bond motifs is 2. The molecule has 0 saturated carbocycles. The SMILES string of the molecule is CCn1nc2c(cc1=O)CN(Cc1nc3c(F)cccc3[nH]1)CC2. The first-order valence-electron chi connectivity index (χ1n) is 8.09. The van der Waals surface area contributed by atoms with Gasteiger partial charge in [-0.25, -0.2) is 14.1 Å². The van der Waals surface area contributed by atoms with Crippen molar-refractivity contribution in [2.75, 3.05) is 6.54 Å². The number of halogens is 1. The molecule has 0 unspecified atom stereocenters. The summed E-state index contributed by atoms with van der Waals surface area (Å²) in [4.78, 5) is 21.7. The Morgan fingerprint density at radius 3 is 3.04 bits per heavy atom. The van der Waals surface area contributed by atoms with Crippen LogP contribution in [0, 0.1) is 5.82 Å². The van der Waals surface area contributed by atoms with E-state index in [1.807, 2.05) is 13.0 Å². The number of rotatable bonds is 3. The number of aromatic amines is 1. The molecule has 0 radical (unpaired) electrons. The Morgan fingerprint density at radius 1 is 1.38 bits per heavy atom. The molecule has 1 N–H and O–H groups in total. The third kappa shape index (κ3) is 2.60. The van der Waals surface area contributed by atoms with E-state index in [4.69, 9.17) is 0 Å². The van der Waals surface area contributed by atoms with Crippen molar-refractivity contribution >= 4 is 11.0 Å². The summed E-state index contributed by atoms with van der Waals surface area (Å²) in [5, 5.41) is 4.42. The number of imidazole rings is 1. The maximum atomic E-state index is 13.7. The lowest BCUT2D eigenvalue weighted by Gasteiger charge is -2.27. The molecule has 124 valence electrons. The number of para-hydroxylation sites is 1. The lowest BCUT2D eigenvalue weighted by Crippen LogP contribution is -2.34. The van der Waals surface area contributed by atoms with Crippen molar-refractivity contribution in [3.63, 3.8) is 0 Å². The Bertz CT molecular complexity index is 961. The number of nitrogens with zero attached hydrogens (tertiary/aromatic N) is 4. The molecule has 6 nitrogen and oxygen atoms in total. The summed E-state index contributed by atoms with van der Waals surface area (Å²) in [6.45, 7) is 4.57. The Hall–Kier alpha value is -2.54. The zero-order valence-corrected chi connectivity index (χ0v) is 13.4. The highest BCUT2D eigenvalue weighted by Gasteiger charge is 2.20. The Kier molecular flexibility index (Phi) is 3.65. The Balaban J connectivity index is 1.57. The van der Waals surface area contributed by atoms with E-state index in [1.165, 1.54) is 10.7 Å². The van der Waals surface area contributed by atoms with Gasteiger partial charge in [-0.3, -0.25) is 9.69 Å². The van der Waals surface area contributed by atoms with Crippen LogP contribution < -0.4 is 5.56 Å². The van der Waals surface area contributed by atoms with Crippen molar-refractivity contribution < 1.29 is 4.39 Å². The molecule has 0 aliphatic carbocycles. The third-order valence-electron chi connectivity index (χ3n) is 4.41. The Morgan fingerprint density at radius 2 is 2.25 bits per heavy atom. The number of nitrogens with one attached hydrogen (secondary N) is 1. The molecular weight excluding hydrogens is 309 g/mol. The van der Waals surface area contributed by atoms with E-state index in [2.05, 4.69) is 20.0 Å². The fourth-order valence-electron chi connectivity index (χ4n) is 3.19. The monoisotopic (exact) mass is 327 g/mol. The van der Waals surface area contributed by atoms with E-state index in [0.29, 0.717) is 30.7 Å². The van der Waals surface area contributed by atoms with Crippen LogP contribution in [0.3, 0.4) is 0 Å². The fraction of sp³-hybridized carbons (Fsp3) is 0.353. The van der Waals surface area contributed by atoms with Gasteiger partial charge in [0.25, 0.3) is 5.56 Å². The second-order valence-corrected chi connectivity index (χ2v) is 6.05. The highest BCUT2D eigenvalue weighted by atomic mass is 19.1. The van der Waals surface area contributed by atoms with Crippen LogP contribution >= 0.6 is 0 Å². The van der Waals surface area contributed by atoms with Crippen LogP contribution in [-0.2, 0) is 26.1 Å². The first kappa shape index (κ1) is 15.0. The molecule has 24 heavy (non-hydrogen) atoms. The van der Waals surface area contributed by atoms with Gasteiger partial charge in [0.05, 0.1) is 17.8 Å². The van der Waals surface area contributed by atoms with Gasteiger partial charge in [0.1, 0.15) is 11.3 Å². The molecule has 4 rings (SSSR count). The first-order chi connectivity index (χ1) is 11.6. The molecule has 1 aliphatic heterocycles. The zero-order valence-electron chi connectivity index (χ0n) is 13.4. The fourth-order valence-corrected chi connectivity index (χ4v) is 3.19. The maximum absolute atomic E-state index is 13.7. The highest BCUT2D eigenvalue weighted by molar-refractivity contribution is 5.75. The van der Waals surface area contributed by atoms with Crippen molar-refractivity contribution in [2.24, 2.45) is 0 Å². The van der Waals surface area contributed by atoms with E-state index in [-0.39, 0.29) is 11.4 Å². The smallest absolute Gasteiger partial charge is 0.267 e. The quantitative estimate of drug-likeness (QED) is 0.797. The van der Waals surface area contributed by atoms with Crippen molar-refractivity contribution in [3.05, 3.63) is 57.5 Å². The molecule has 3 aromatic rings. The molecule has 3 heterocycles. The normalized spacial score (nSPS) is 14.9. The van der Waals surface area contributed by atoms with Crippen LogP contribution in [0.2, 0.25) is 0 Å². The van der Waals surface area contributed by atoms with Gasteiger partial charge in [-0.2, -0.15) is 5.10 Å². The molecule has 0 atom stereocenters. The highest BCUT2D eigenvalue weighted by Crippen LogP contribution is 2.19. The molecule has 2 aromatic heterocycles. The van der Waals surface area contributed by atoms with Crippen molar-refractivity contribution in [3.8, 4) is 0 Å². The lowest BCUT2D eigenvalue weighted by molar-refractivity contribution is 0.236. The average Bonchev–Trinajstić information content (AvgIpc) is 2.98. The maximum Gasteiger partial charge on any atom is 0.267 e. The summed E-state index contributed by atoms with van der Waals surface area (Å²) >= 11 is 0. The van der Waals surface area contributed by atoms with Crippen molar-refractivity contribution in [2.45, 2.75) is 33.0 Å². The van der Waals surface area contributed by atoms with Gasteiger partial charge in [0.2, 0.25) is 0 Å². The zero-order chi connectivity index (χ0) is 16.7. The summed E-state index contributed by atoms with van der Waals surface area (Å²) < 4.78 is 15.2. The standard InChI is InChI=1S/C17H18FN5O/c1-2-23-16(24)8-11-9-22(7-6-13(11)21-23)10-15-19-14-5-3-4-12(18)17(14)20-15/h3-5,8H,2,6-7,9-10H2,1H3,(H,19,20). The molecule has 1 aliphatic rings. The summed E-state index contributed by atoms with van der Waals surface area (Å²) in [7, 11) is 0. The second kappa shape index (κ2) is 5.83. The van der Waals surface area contributed by atoms with Gasteiger partial charge in [-0.1, -0.05) is 6.07 Å². The average molecular weight is 327 g/mol. The molecule has 7 heteroatoms. The van der Waals surface area contributed by atoms with Gasteiger partial charge in [-0.15, -0.1) is 0 Å². The van der Waals surface area contributed by atoms with Gasteiger partial charge in [0.15, 0.2) is 5.82 Å². The predicted octanol–water partition coefficient (Wildman–Crippen LogP) is 1.84. The predicted molar refractivity (Wildman–Crippen MR) is 88.0 cm³/mol. The minimum Gasteiger partial charge on any atom is -0.341 e. The molecule has 0 spiro atoms. The third-order valence-corrected chi connectivity index (χ3v) is 4.41. The van der Waals surface area contributed by atoms with Crippen LogP contribution in [0.25, 0.3) is 11.0 Å². The van der Waals surface area contributed by atoms with Crippen LogP contribution in [0.5, 0.6) is 0 Å². The minimum atomic E-state index is -0.316. The largest absolute Gasteiger partial charge is 0.341 e. The summed E-state index contributed by atoms with van der Waals surface area (Å²) in [6, 6.07) is 6.57. The molecule has 0 fully saturated rings. The number of aryl methyl sites for hydroxylation is 1. The number of H-pyrrole nitrogens is 1.